The van der Waals surface area contributed by atoms with Gasteiger partial charge in [-0.05, 0) is 32.8 Å². The molecule has 0 spiro atoms. The van der Waals surface area contributed by atoms with Crippen molar-refractivity contribution in [3.05, 3.63) is 17.1 Å². The molecule has 1 aliphatic heterocycles. The molecule has 4 heterocycles. The normalized spacial score (nSPS) is 22.3. The third-order valence-electron chi connectivity index (χ3n) is 5.79. The van der Waals surface area contributed by atoms with Crippen LogP contribution in [0.1, 0.15) is 38.1 Å². The Balaban J connectivity index is 1.67. The van der Waals surface area contributed by atoms with Gasteiger partial charge in [0.15, 0.2) is 15.7 Å². The summed E-state index contributed by atoms with van der Waals surface area (Å²) in [4.78, 5) is 1.93. The largest absolute Gasteiger partial charge is 0.353 e. The molecule has 34 heavy (non-hydrogen) atoms. The highest BCUT2D eigenvalue weighted by atomic mass is 32.2. The Morgan fingerprint density at radius 3 is 2.53 bits per heavy atom. The lowest BCUT2D eigenvalue weighted by molar-refractivity contribution is 0.150. The summed E-state index contributed by atoms with van der Waals surface area (Å²) < 4.78 is 56.6. The Morgan fingerprint density at radius 2 is 1.94 bits per heavy atom. The number of hydrogen-bond donors (Lipinski definition) is 2. The number of nitriles is 1. The minimum absolute atomic E-state index is 0.0717. The zero-order chi connectivity index (χ0) is 24.3. The van der Waals surface area contributed by atoms with Crippen molar-refractivity contribution < 1.29 is 17.2 Å². The monoisotopic (exact) mass is 509 g/mol. The van der Waals surface area contributed by atoms with Crippen LogP contribution in [-0.2, 0) is 10.0 Å². The first kappa shape index (κ1) is 23.0. The zero-order valence-electron chi connectivity index (χ0n) is 18.2. The number of aromatic nitrogens is 5. The van der Waals surface area contributed by atoms with Gasteiger partial charge >= 0.3 is 0 Å². The molecule has 1 aliphatic carbocycles. The molecule has 15 heteroatoms. The van der Waals surface area contributed by atoms with Crippen molar-refractivity contribution in [1.82, 2.24) is 35.1 Å². The molecule has 0 unspecified atom stereocenters. The molecule has 0 aromatic carbocycles. The van der Waals surface area contributed by atoms with Gasteiger partial charge in [-0.25, -0.2) is 17.2 Å². The molecule has 0 bridgehead atoms. The number of hydrogen-bond acceptors (Lipinski definition) is 10. The van der Waals surface area contributed by atoms with E-state index in [1.807, 2.05) is 24.8 Å². The fourth-order valence-electron chi connectivity index (χ4n) is 4.10. The van der Waals surface area contributed by atoms with Crippen molar-refractivity contribution in [2.75, 3.05) is 18.0 Å². The van der Waals surface area contributed by atoms with E-state index in [9.17, 15) is 22.5 Å². The summed E-state index contributed by atoms with van der Waals surface area (Å²) in [5.41, 5.74) is -0.661. The van der Waals surface area contributed by atoms with Crippen LogP contribution in [0.4, 0.5) is 14.6 Å². The maximum atomic E-state index is 13.2. The van der Waals surface area contributed by atoms with E-state index in [4.69, 9.17) is 0 Å². The van der Waals surface area contributed by atoms with Crippen molar-refractivity contribution in [2.45, 2.75) is 55.6 Å². The number of piperazine rings is 1. The minimum atomic E-state index is -4.07. The van der Waals surface area contributed by atoms with E-state index in [1.165, 1.54) is 16.6 Å². The van der Waals surface area contributed by atoms with Gasteiger partial charge in [-0.15, -0.1) is 15.3 Å². The van der Waals surface area contributed by atoms with Crippen molar-refractivity contribution in [3.63, 3.8) is 0 Å². The van der Waals surface area contributed by atoms with Crippen LogP contribution in [-0.4, -0.2) is 64.2 Å². The summed E-state index contributed by atoms with van der Waals surface area (Å²) >= 11 is 0.673. The average molecular weight is 510 g/mol. The molecule has 0 amide bonds. The SMILES string of the molecule is C[C@H]1CN(c2cc(S(=O)(=O)NC3(C#N)CC3)cc3c(-c4nnc(C(F)F)s4)nnn23)C[C@H](C)N1. The van der Waals surface area contributed by atoms with Gasteiger partial charge in [0.1, 0.15) is 16.9 Å². The molecule has 180 valence electrons. The number of nitrogens with zero attached hydrogens (tertiary/aromatic N) is 7. The highest BCUT2D eigenvalue weighted by molar-refractivity contribution is 7.89. The Kier molecular flexibility index (Phi) is 5.51. The lowest BCUT2D eigenvalue weighted by Gasteiger charge is -2.37. The lowest BCUT2D eigenvalue weighted by Crippen LogP contribution is -2.54. The molecule has 1 saturated carbocycles. The van der Waals surface area contributed by atoms with Crippen molar-refractivity contribution >= 4 is 32.7 Å². The second kappa shape index (κ2) is 8.15. The van der Waals surface area contributed by atoms with E-state index < -0.39 is 27.0 Å². The topological polar surface area (TPSA) is 141 Å². The van der Waals surface area contributed by atoms with E-state index in [1.54, 1.807) is 0 Å². The van der Waals surface area contributed by atoms with Crippen molar-refractivity contribution in [2.24, 2.45) is 0 Å². The predicted molar refractivity (Wildman–Crippen MR) is 119 cm³/mol. The molecule has 2 atom stereocenters. The van der Waals surface area contributed by atoms with Crippen molar-refractivity contribution in [3.8, 4) is 16.8 Å². The van der Waals surface area contributed by atoms with Gasteiger partial charge in [-0.2, -0.15) is 14.5 Å². The maximum absolute atomic E-state index is 13.2. The number of fused-ring (bicyclic) bond motifs is 1. The van der Waals surface area contributed by atoms with Crippen LogP contribution in [0.25, 0.3) is 16.2 Å². The van der Waals surface area contributed by atoms with Gasteiger partial charge in [0.2, 0.25) is 10.0 Å². The standard InChI is InChI=1S/C19H21F2N9O2S2/c1-10-7-29(8-11(2)23-10)14-6-12(34(31,32)27-19(9-22)3-4-19)5-13-15(24-28-30(13)14)17-25-26-18(33-17)16(20)21/h5-6,10-11,16,23,27H,3-4,7-8H2,1-2H3/t10-,11-/m0/s1. The molecule has 3 aromatic rings. The number of nitrogens with one attached hydrogen (secondary N) is 2. The third kappa shape index (κ3) is 4.11. The van der Waals surface area contributed by atoms with E-state index in [2.05, 4.69) is 30.5 Å². The number of alkyl halides is 2. The summed E-state index contributed by atoms with van der Waals surface area (Å²) in [7, 11) is -4.07. The lowest BCUT2D eigenvalue weighted by atomic mass is 10.1. The Hall–Kier alpha value is -2.80. The summed E-state index contributed by atoms with van der Waals surface area (Å²) in [5.74, 6) is 0.484. The summed E-state index contributed by atoms with van der Waals surface area (Å²) in [5, 5.41) is 28.1. The Bertz CT molecular complexity index is 1380. The Morgan fingerprint density at radius 1 is 1.24 bits per heavy atom. The number of sulfonamides is 1. The summed E-state index contributed by atoms with van der Waals surface area (Å²) in [6.45, 7) is 5.21. The molecule has 2 fully saturated rings. The predicted octanol–water partition coefficient (Wildman–Crippen LogP) is 1.71. The summed E-state index contributed by atoms with van der Waals surface area (Å²) in [6, 6.07) is 5.15. The van der Waals surface area contributed by atoms with E-state index >= 15 is 0 Å². The van der Waals surface area contributed by atoms with Crippen LogP contribution in [0.3, 0.4) is 0 Å². The third-order valence-corrected chi connectivity index (χ3v) is 8.24. The van der Waals surface area contributed by atoms with Crippen LogP contribution >= 0.6 is 11.3 Å². The molecule has 1 saturated heterocycles. The van der Waals surface area contributed by atoms with Crippen LogP contribution < -0.4 is 14.9 Å². The fourth-order valence-corrected chi connectivity index (χ4v) is 6.20. The highest BCUT2D eigenvalue weighted by Gasteiger charge is 2.47. The van der Waals surface area contributed by atoms with E-state index in [0.717, 1.165) is 0 Å². The van der Waals surface area contributed by atoms with Crippen LogP contribution in [0.15, 0.2) is 17.0 Å². The molecule has 11 nitrogen and oxygen atoms in total. The second-order valence-corrected chi connectivity index (χ2v) is 11.4. The molecule has 0 radical (unpaired) electrons. The number of anilines is 1. The first-order valence-corrected chi connectivity index (χ1v) is 12.9. The molecular formula is C19H21F2N9O2S2. The van der Waals surface area contributed by atoms with Gasteiger partial charge in [0.25, 0.3) is 6.43 Å². The maximum Gasteiger partial charge on any atom is 0.291 e. The Labute approximate surface area is 197 Å². The number of pyridine rings is 1. The average Bonchev–Trinajstić information content (AvgIpc) is 3.18. The van der Waals surface area contributed by atoms with Crippen LogP contribution in [0, 0.1) is 11.3 Å². The first-order valence-electron chi connectivity index (χ1n) is 10.6. The van der Waals surface area contributed by atoms with Crippen molar-refractivity contribution in [1.29, 1.82) is 5.26 Å². The first-order chi connectivity index (χ1) is 16.1. The van der Waals surface area contributed by atoms with Gasteiger partial charge in [0.05, 0.1) is 11.0 Å². The number of rotatable bonds is 6. The quantitative estimate of drug-likeness (QED) is 0.508. The van der Waals surface area contributed by atoms with Gasteiger partial charge in [-0.1, -0.05) is 16.6 Å². The van der Waals surface area contributed by atoms with E-state index in [0.29, 0.717) is 43.1 Å². The smallest absolute Gasteiger partial charge is 0.291 e. The molecule has 3 aromatic heterocycles. The molecule has 2 N–H and O–H groups in total. The summed E-state index contributed by atoms with van der Waals surface area (Å²) in [6.07, 6.45) is -1.91. The van der Waals surface area contributed by atoms with Gasteiger partial charge in [0, 0.05) is 31.2 Å². The highest BCUT2D eigenvalue weighted by Crippen LogP contribution is 2.37. The van der Waals surface area contributed by atoms with Gasteiger partial charge < -0.3 is 10.2 Å². The van der Waals surface area contributed by atoms with Crippen LogP contribution in [0.5, 0.6) is 0 Å². The number of halogens is 2. The van der Waals surface area contributed by atoms with E-state index in [-0.39, 0.29) is 33.2 Å². The minimum Gasteiger partial charge on any atom is -0.353 e. The van der Waals surface area contributed by atoms with Crippen LogP contribution in [0.2, 0.25) is 0 Å². The molecule has 2 aliphatic rings. The zero-order valence-corrected chi connectivity index (χ0v) is 19.9. The molecular weight excluding hydrogens is 488 g/mol. The second-order valence-electron chi connectivity index (χ2n) is 8.70. The fraction of sp³-hybridized carbons (Fsp3) is 0.526. The van der Waals surface area contributed by atoms with Gasteiger partial charge in [-0.3, -0.25) is 0 Å². The molecule has 5 rings (SSSR count).